The molecular formula is C12H11F3N2O. The fraction of sp³-hybridized carbons (Fsp3) is 0.250. The molecule has 2 rings (SSSR count). The maximum absolute atomic E-state index is 13.0. The van der Waals surface area contributed by atoms with E-state index >= 15 is 0 Å². The standard InChI is InChI=1S/C12H11F3N2O/c1-8-2-3-9(13)6-10(8)18-7-11-16-4-5-17(11)12(14)15/h2-6,12H,7H2,1H3. The number of imidazole rings is 1. The number of hydrogen-bond acceptors (Lipinski definition) is 2. The fourth-order valence-corrected chi connectivity index (χ4v) is 1.51. The summed E-state index contributed by atoms with van der Waals surface area (Å²) >= 11 is 0. The highest BCUT2D eigenvalue weighted by atomic mass is 19.3. The van der Waals surface area contributed by atoms with Crippen LogP contribution in [0.3, 0.4) is 0 Å². The molecule has 0 spiro atoms. The van der Waals surface area contributed by atoms with Gasteiger partial charge < -0.3 is 4.74 Å². The lowest BCUT2D eigenvalue weighted by molar-refractivity contribution is 0.0632. The van der Waals surface area contributed by atoms with E-state index in [1.54, 1.807) is 13.0 Å². The molecule has 0 saturated heterocycles. The van der Waals surface area contributed by atoms with Crippen molar-refractivity contribution in [3.8, 4) is 5.75 Å². The van der Waals surface area contributed by atoms with Crippen LogP contribution in [-0.4, -0.2) is 9.55 Å². The maximum atomic E-state index is 13.0. The Morgan fingerprint density at radius 1 is 1.39 bits per heavy atom. The van der Waals surface area contributed by atoms with Gasteiger partial charge in [0.15, 0.2) is 5.82 Å². The first-order valence-corrected chi connectivity index (χ1v) is 5.26. The lowest BCUT2D eigenvalue weighted by Gasteiger charge is -2.10. The molecule has 0 amide bonds. The normalized spacial score (nSPS) is 10.9. The van der Waals surface area contributed by atoms with Crippen LogP contribution in [-0.2, 0) is 6.61 Å². The second-order valence-electron chi connectivity index (χ2n) is 3.73. The minimum absolute atomic E-state index is 0.0914. The van der Waals surface area contributed by atoms with Crippen molar-refractivity contribution in [2.24, 2.45) is 0 Å². The van der Waals surface area contributed by atoms with Gasteiger partial charge in [0.2, 0.25) is 0 Å². The molecule has 0 atom stereocenters. The van der Waals surface area contributed by atoms with Gasteiger partial charge in [-0.2, -0.15) is 8.78 Å². The van der Waals surface area contributed by atoms with Gasteiger partial charge in [0.1, 0.15) is 18.2 Å². The van der Waals surface area contributed by atoms with Crippen LogP contribution in [0.25, 0.3) is 0 Å². The van der Waals surface area contributed by atoms with E-state index in [1.165, 1.54) is 24.5 Å². The van der Waals surface area contributed by atoms with Crippen molar-refractivity contribution in [3.05, 3.63) is 47.8 Å². The molecule has 96 valence electrons. The smallest absolute Gasteiger partial charge is 0.320 e. The maximum Gasteiger partial charge on any atom is 0.320 e. The molecule has 0 radical (unpaired) electrons. The number of rotatable bonds is 4. The fourth-order valence-electron chi connectivity index (χ4n) is 1.51. The van der Waals surface area contributed by atoms with Gasteiger partial charge in [0.25, 0.3) is 0 Å². The Hall–Kier alpha value is -1.98. The zero-order valence-corrected chi connectivity index (χ0v) is 9.61. The van der Waals surface area contributed by atoms with Gasteiger partial charge in [0.05, 0.1) is 0 Å². The molecule has 18 heavy (non-hydrogen) atoms. The van der Waals surface area contributed by atoms with Gasteiger partial charge in [-0.15, -0.1) is 0 Å². The van der Waals surface area contributed by atoms with Crippen molar-refractivity contribution in [2.45, 2.75) is 20.1 Å². The zero-order chi connectivity index (χ0) is 13.1. The lowest BCUT2D eigenvalue weighted by atomic mass is 10.2. The van der Waals surface area contributed by atoms with Crippen molar-refractivity contribution in [1.82, 2.24) is 9.55 Å². The van der Waals surface area contributed by atoms with Crippen LogP contribution >= 0.6 is 0 Å². The Morgan fingerprint density at radius 3 is 2.89 bits per heavy atom. The Labute approximate surface area is 102 Å². The molecule has 0 unspecified atom stereocenters. The molecule has 3 nitrogen and oxygen atoms in total. The van der Waals surface area contributed by atoms with Crippen molar-refractivity contribution in [2.75, 3.05) is 0 Å². The molecule has 2 aromatic rings. The molecule has 1 aromatic carbocycles. The van der Waals surface area contributed by atoms with E-state index in [4.69, 9.17) is 4.74 Å². The van der Waals surface area contributed by atoms with Gasteiger partial charge in [0, 0.05) is 18.5 Å². The van der Waals surface area contributed by atoms with Crippen LogP contribution in [0, 0.1) is 12.7 Å². The van der Waals surface area contributed by atoms with E-state index < -0.39 is 12.4 Å². The SMILES string of the molecule is Cc1ccc(F)cc1OCc1nccn1C(F)F. The van der Waals surface area contributed by atoms with Crippen LogP contribution in [0.5, 0.6) is 5.75 Å². The molecule has 0 aliphatic carbocycles. The molecule has 0 N–H and O–H groups in total. The second-order valence-corrected chi connectivity index (χ2v) is 3.73. The molecule has 6 heteroatoms. The Kier molecular flexibility index (Phi) is 3.55. The van der Waals surface area contributed by atoms with E-state index in [0.717, 1.165) is 5.56 Å². The van der Waals surface area contributed by atoms with Crippen molar-refractivity contribution in [3.63, 3.8) is 0 Å². The summed E-state index contributed by atoms with van der Waals surface area (Å²) in [5.74, 6) is -0.0275. The van der Waals surface area contributed by atoms with E-state index in [9.17, 15) is 13.2 Å². The molecule has 0 aliphatic rings. The largest absolute Gasteiger partial charge is 0.485 e. The van der Waals surface area contributed by atoms with Gasteiger partial charge in [-0.3, -0.25) is 4.57 Å². The average molecular weight is 256 g/mol. The highest BCUT2D eigenvalue weighted by molar-refractivity contribution is 5.32. The molecule has 0 fully saturated rings. The minimum atomic E-state index is -2.67. The third-order valence-corrected chi connectivity index (χ3v) is 2.47. The number of halogens is 3. The van der Waals surface area contributed by atoms with Crippen LogP contribution in [0.1, 0.15) is 17.9 Å². The summed E-state index contributed by atoms with van der Waals surface area (Å²) in [5, 5.41) is 0. The lowest BCUT2D eigenvalue weighted by Crippen LogP contribution is -2.07. The molecule has 1 heterocycles. The van der Waals surface area contributed by atoms with Gasteiger partial charge in [-0.25, -0.2) is 9.37 Å². The van der Waals surface area contributed by atoms with E-state index in [-0.39, 0.29) is 12.4 Å². The molecule has 0 aliphatic heterocycles. The van der Waals surface area contributed by atoms with Gasteiger partial charge >= 0.3 is 6.55 Å². The molecular weight excluding hydrogens is 245 g/mol. The van der Waals surface area contributed by atoms with Gasteiger partial charge in [-0.1, -0.05) is 6.07 Å². The average Bonchev–Trinajstić information content (AvgIpc) is 2.79. The number of benzene rings is 1. The van der Waals surface area contributed by atoms with Gasteiger partial charge in [-0.05, 0) is 18.6 Å². The monoisotopic (exact) mass is 256 g/mol. The summed E-state index contributed by atoms with van der Waals surface area (Å²) in [7, 11) is 0. The summed E-state index contributed by atoms with van der Waals surface area (Å²) in [6.45, 7) is -1.06. The first kappa shape index (κ1) is 12.5. The second kappa shape index (κ2) is 5.12. The number of aryl methyl sites for hydroxylation is 1. The van der Waals surface area contributed by atoms with Crippen molar-refractivity contribution >= 4 is 0 Å². The molecule has 1 aromatic heterocycles. The Balaban J connectivity index is 2.11. The Morgan fingerprint density at radius 2 is 2.17 bits per heavy atom. The topological polar surface area (TPSA) is 27.1 Å². The first-order chi connectivity index (χ1) is 8.58. The van der Waals surface area contributed by atoms with Crippen molar-refractivity contribution < 1.29 is 17.9 Å². The zero-order valence-electron chi connectivity index (χ0n) is 9.61. The predicted octanol–water partition coefficient (Wildman–Crippen LogP) is 3.30. The first-order valence-electron chi connectivity index (χ1n) is 5.26. The number of hydrogen-bond donors (Lipinski definition) is 0. The van der Waals surface area contributed by atoms with E-state index in [2.05, 4.69) is 4.98 Å². The number of ether oxygens (including phenoxy) is 1. The van der Waals surface area contributed by atoms with Crippen LogP contribution < -0.4 is 4.74 Å². The van der Waals surface area contributed by atoms with E-state index in [0.29, 0.717) is 10.3 Å². The summed E-state index contributed by atoms with van der Waals surface area (Å²) in [6.07, 6.45) is 2.44. The highest BCUT2D eigenvalue weighted by Gasteiger charge is 2.12. The summed E-state index contributed by atoms with van der Waals surface area (Å²) in [5.41, 5.74) is 0.728. The van der Waals surface area contributed by atoms with Crippen LogP contribution in [0.4, 0.5) is 13.2 Å². The summed E-state index contributed by atoms with van der Waals surface area (Å²) in [6, 6.07) is 4.08. The third kappa shape index (κ3) is 2.64. The van der Waals surface area contributed by atoms with Crippen LogP contribution in [0.15, 0.2) is 30.6 Å². The third-order valence-electron chi connectivity index (χ3n) is 2.47. The number of alkyl halides is 2. The quantitative estimate of drug-likeness (QED) is 0.839. The summed E-state index contributed by atoms with van der Waals surface area (Å²) < 4.78 is 44.1. The molecule has 0 saturated carbocycles. The predicted molar refractivity (Wildman–Crippen MR) is 58.9 cm³/mol. The number of aromatic nitrogens is 2. The Bertz CT molecular complexity index is 540. The number of nitrogens with zero attached hydrogens (tertiary/aromatic N) is 2. The van der Waals surface area contributed by atoms with E-state index in [1.807, 2.05) is 0 Å². The van der Waals surface area contributed by atoms with Crippen molar-refractivity contribution in [1.29, 1.82) is 0 Å². The minimum Gasteiger partial charge on any atom is -0.485 e. The highest BCUT2D eigenvalue weighted by Crippen LogP contribution is 2.20. The van der Waals surface area contributed by atoms with Crippen LogP contribution in [0.2, 0.25) is 0 Å². The molecule has 0 bridgehead atoms. The summed E-state index contributed by atoms with van der Waals surface area (Å²) in [4.78, 5) is 3.77.